The van der Waals surface area contributed by atoms with E-state index in [1.165, 1.54) is 18.2 Å². The first-order chi connectivity index (χ1) is 13.0. The molecule has 1 N–H and O–H groups in total. The number of carbonyl (C=O) groups excluding carboxylic acids is 1. The first-order valence-electron chi connectivity index (χ1n) is 8.65. The minimum Gasteiger partial charge on any atom is -0.371 e. The number of ether oxygens (including phenoxy) is 1. The van der Waals surface area contributed by atoms with Crippen molar-refractivity contribution in [1.82, 2.24) is 10.2 Å². The highest BCUT2D eigenvalue weighted by atomic mass is 35.5. The van der Waals surface area contributed by atoms with Gasteiger partial charge in [0.25, 0.3) is 11.6 Å². The number of hydrogen-bond acceptors (Lipinski definition) is 5. The van der Waals surface area contributed by atoms with Crippen molar-refractivity contribution in [2.24, 2.45) is 0 Å². The van der Waals surface area contributed by atoms with Crippen molar-refractivity contribution in [3.05, 3.63) is 74.8 Å². The Labute approximate surface area is 162 Å². The quantitative estimate of drug-likeness (QED) is 0.606. The van der Waals surface area contributed by atoms with Crippen LogP contribution in [0.25, 0.3) is 0 Å². The lowest BCUT2D eigenvalue weighted by atomic mass is 10.1. The molecule has 0 spiro atoms. The molecule has 2 aromatic rings. The average molecular weight is 390 g/mol. The number of nitrogens with zero attached hydrogens (tertiary/aromatic N) is 2. The van der Waals surface area contributed by atoms with E-state index in [4.69, 9.17) is 16.3 Å². The van der Waals surface area contributed by atoms with E-state index in [-0.39, 0.29) is 22.4 Å². The summed E-state index contributed by atoms with van der Waals surface area (Å²) < 4.78 is 5.83. The van der Waals surface area contributed by atoms with Crippen molar-refractivity contribution >= 4 is 23.2 Å². The van der Waals surface area contributed by atoms with E-state index in [1.54, 1.807) is 0 Å². The fraction of sp³-hybridized carbons (Fsp3) is 0.316. The first kappa shape index (κ1) is 19.3. The van der Waals surface area contributed by atoms with Gasteiger partial charge in [0.15, 0.2) is 0 Å². The molecule has 142 valence electrons. The number of benzene rings is 2. The van der Waals surface area contributed by atoms with Crippen LogP contribution in [-0.2, 0) is 4.74 Å². The third kappa shape index (κ3) is 5.03. The van der Waals surface area contributed by atoms with Crippen molar-refractivity contribution < 1.29 is 14.5 Å². The highest BCUT2D eigenvalue weighted by Crippen LogP contribution is 2.23. The number of hydrogen-bond donors (Lipinski definition) is 1. The van der Waals surface area contributed by atoms with Crippen LogP contribution >= 0.6 is 11.6 Å². The fourth-order valence-electron chi connectivity index (χ4n) is 3.05. The molecule has 0 radical (unpaired) electrons. The van der Waals surface area contributed by atoms with Crippen LogP contribution in [0.1, 0.15) is 22.0 Å². The smallest absolute Gasteiger partial charge is 0.282 e. The molecule has 2 aromatic carbocycles. The molecule has 1 atom stereocenters. The lowest BCUT2D eigenvalue weighted by Gasteiger charge is -2.33. The van der Waals surface area contributed by atoms with Gasteiger partial charge in [-0.1, -0.05) is 41.9 Å². The molecule has 7 nitrogen and oxygen atoms in total. The summed E-state index contributed by atoms with van der Waals surface area (Å²) in [6.07, 6.45) is 0.00432. The van der Waals surface area contributed by atoms with Crippen LogP contribution in [0, 0.1) is 10.1 Å². The maximum absolute atomic E-state index is 12.3. The Kier molecular flexibility index (Phi) is 6.39. The van der Waals surface area contributed by atoms with Gasteiger partial charge in [0.2, 0.25) is 0 Å². The molecule has 1 amide bonds. The second-order valence-corrected chi connectivity index (χ2v) is 6.68. The molecule has 0 aromatic heterocycles. The topological polar surface area (TPSA) is 84.7 Å². The van der Waals surface area contributed by atoms with E-state index in [0.717, 1.165) is 18.7 Å². The van der Waals surface area contributed by atoms with Gasteiger partial charge >= 0.3 is 0 Å². The monoisotopic (exact) mass is 389 g/mol. The summed E-state index contributed by atoms with van der Waals surface area (Å²) in [5, 5.41) is 14.1. The molecule has 0 saturated carbocycles. The van der Waals surface area contributed by atoms with Crippen LogP contribution in [-0.4, -0.2) is 48.5 Å². The Hall–Kier alpha value is -2.48. The lowest BCUT2D eigenvalue weighted by Crippen LogP contribution is -2.42. The second-order valence-electron chi connectivity index (χ2n) is 6.25. The normalized spacial score (nSPS) is 17.4. The largest absolute Gasteiger partial charge is 0.371 e. The molecule has 27 heavy (non-hydrogen) atoms. The van der Waals surface area contributed by atoms with Gasteiger partial charge in [-0.05, 0) is 17.7 Å². The number of morpholine rings is 1. The number of amides is 1. The Morgan fingerprint density at radius 2 is 2.07 bits per heavy atom. The van der Waals surface area contributed by atoms with Gasteiger partial charge in [0.05, 0.1) is 17.6 Å². The van der Waals surface area contributed by atoms with Crippen LogP contribution in [0.4, 0.5) is 5.69 Å². The van der Waals surface area contributed by atoms with Crippen molar-refractivity contribution in [2.75, 3.05) is 32.8 Å². The summed E-state index contributed by atoms with van der Waals surface area (Å²) in [5.74, 6) is -0.503. The molecule has 1 unspecified atom stereocenters. The summed E-state index contributed by atoms with van der Waals surface area (Å²) >= 11 is 5.87. The number of rotatable bonds is 6. The third-order valence-corrected chi connectivity index (χ3v) is 4.67. The zero-order valence-electron chi connectivity index (χ0n) is 14.6. The van der Waals surface area contributed by atoms with Gasteiger partial charge in [0, 0.05) is 37.3 Å². The molecule has 1 aliphatic heterocycles. The predicted molar refractivity (Wildman–Crippen MR) is 102 cm³/mol. The maximum atomic E-state index is 12.3. The second kappa shape index (κ2) is 8.94. The van der Waals surface area contributed by atoms with E-state index in [9.17, 15) is 14.9 Å². The van der Waals surface area contributed by atoms with Crippen LogP contribution < -0.4 is 5.32 Å². The van der Waals surface area contributed by atoms with Gasteiger partial charge < -0.3 is 10.1 Å². The summed E-state index contributed by atoms with van der Waals surface area (Å²) in [6.45, 7) is 3.14. The van der Waals surface area contributed by atoms with Gasteiger partial charge in [-0.3, -0.25) is 19.8 Å². The first-order valence-corrected chi connectivity index (χ1v) is 9.03. The highest BCUT2D eigenvalue weighted by molar-refractivity contribution is 6.31. The molecule has 0 bridgehead atoms. The van der Waals surface area contributed by atoms with Crippen LogP contribution in [0.3, 0.4) is 0 Å². The molecule has 3 rings (SSSR count). The zero-order chi connectivity index (χ0) is 19.2. The molecule has 1 aliphatic rings. The van der Waals surface area contributed by atoms with Crippen molar-refractivity contribution in [3.63, 3.8) is 0 Å². The van der Waals surface area contributed by atoms with E-state index in [0.29, 0.717) is 19.7 Å². The fourth-order valence-corrected chi connectivity index (χ4v) is 3.22. The van der Waals surface area contributed by atoms with E-state index >= 15 is 0 Å². The van der Waals surface area contributed by atoms with Crippen LogP contribution in [0.5, 0.6) is 0 Å². The van der Waals surface area contributed by atoms with Gasteiger partial charge in [-0.15, -0.1) is 0 Å². The Bertz CT molecular complexity index is 816. The molecule has 1 heterocycles. The predicted octanol–water partition coefficient (Wildman–Crippen LogP) is 3.05. The standard InChI is InChI=1S/C19H20ClN3O4/c20-15-6-7-17(23(25)26)16(12-15)19(24)21-8-9-22-10-11-27-18(13-22)14-4-2-1-3-5-14/h1-7,12,18H,8-11,13H2,(H,21,24). The van der Waals surface area contributed by atoms with Gasteiger partial charge in [-0.2, -0.15) is 0 Å². The molecular formula is C19H20ClN3O4. The third-order valence-electron chi connectivity index (χ3n) is 4.44. The van der Waals surface area contributed by atoms with E-state index < -0.39 is 10.8 Å². The van der Waals surface area contributed by atoms with Crippen molar-refractivity contribution in [1.29, 1.82) is 0 Å². The van der Waals surface area contributed by atoms with Gasteiger partial charge in [0.1, 0.15) is 5.56 Å². The number of carbonyl (C=O) groups is 1. The molecule has 8 heteroatoms. The SMILES string of the molecule is O=C(NCCN1CCOC(c2ccccc2)C1)c1cc(Cl)ccc1[N+](=O)[O-]. The number of nitro benzene ring substituents is 1. The Morgan fingerprint density at radius 3 is 2.81 bits per heavy atom. The summed E-state index contributed by atoms with van der Waals surface area (Å²) in [7, 11) is 0. The maximum Gasteiger partial charge on any atom is 0.282 e. The van der Waals surface area contributed by atoms with Gasteiger partial charge in [-0.25, -0.2) is 0 Å². The zero-order valence-corrected chi connectivity index (χ0v) is 15.4. The Morgan fingerprint density at radius 1 is 1.30 bits per heavy atom. The highest BCUT2D eigenvalue weighted by Gasteiger charge is 2.23. The van der Waals surface area contributed by atoms with Crippen molar-refractivity contribution in [3.8, 4) is 0 Å². The van der Waals surface area contributed by atoms with E-state index in [1.807, 2.05) is 30.3 Å². The minimum atomic E-state index is -0.586. The molecule has 1 fully saturated rings. The molecule has 0 aliphatic carbocycles. The Balaban J connectivity index is 1.54. The number of halogens is 1. The lowest BCUT2D eigenvalue weighted by molar-refractivity contribution is -0.385. The van der Waals surface area contributed by atoms with Crippen LogP contribution in [0.15, 0.2) is 48.5 Å². The minimum absolute atomic E-state index is 0.00432. The summed E-state index contributed by atoms with van der Waals surface area (Å²) in [5.41, 5.74) is 0.838. The average Bonchev–Trinajstić information content (AvgIpc) is 2.68. The van der Waals surface area contributed by atoms with Crippen molar-refractivity contribution in [2.45, 2.75) is 6.10 Å². The van der Waals surface area contributed by atoms with Crippen LogP contribution in [0.2, 0.25) is 5.02 Å². The summed E-state index contributed by atoms with van der Waals surface area (Å²) in [4.78, 5) is 25.0. The number of nitrogens with one attached hydrogen (secondary N) is 1. The molecular weight excluding hydrogens is 370 g/mol. The summed E-state index contributed by atoms with van der Waals surface area (Å²) in [6, 6.07) is 14.0. The number of nitro groups is 1. The molecule has 1 saturated heterocycles. The van der Waals surface area contributed by atoms with E-state index in [2.05, 4.69) is 10.2 Å².